The second kappa shape index (κ2) is 8.40. The molecule has 0 bridgehead atoms. The molecule has 0 aliphatic heterocycles. The van der Waals surface area contributed by atoms with E-state index in [1.807, 2.05) is 18.2 Å². The largest absolute Gasteiger partial charge is 0.493 e. The van der Waals surface area contributed by atoms with Crippen molar-refractivity contribution in [2.75, 3.05) is 6.61 Å². The molecule has 19 heavy (non-hydrogen) atoms. The smallest absolute Gasteiger partial charge is 0.139 e. The molecule has 0 fully saturated rings. The fourth-order valence-corrected chi connectivity index (χ4v) is 1.88. The molecule has 0 aromatic heterocycles. The normalized spacial score (nSPS) is 13.3. The highest BCUT2D eigenvalue weighted by molar-refractivity contribution is 5.79. The van der Waals surface area contributed by atoms with Gasteiger partial charge in [-0.25, -0.2) is 0 Å². The van der Waals surface area contributed by atoms with Crippen molar-refractivity contribution >= 4 is 5.84 Å². The Bertz CT molecular complexity index is 405. The fourth-order valence-electron chi connectivity index (χ4n) is 1.88. The molecule has 4 heteroatoms. The van der Waals surface area contributed by atoms with Crippen LogP contribution in [0.15, 0.2) is 29.4 Å². The SMILES string of the molecule is CCC(C)c1ccccc1OCCCC/C(N)=N/O. The minimum absolute atomic E-state index is 0.278. The maximum Gasteiger partial charge on any atom is 0.139 e. The van der Waals surface area contributed by atoms with E-state index in [0.717, 1.165) is 25.0 Å². The van der Waals surface area contributed by atoms with Crippen LogP contribution in [0.1, 0.15) is 51.0 Å². The van der Waals surface area contributed by atoms with E-state index in [-0.39, 0.29) is 5.84 Å². The van der Waals surface area contributed by atoms with E-state index in [0.29, 0.717) is 18.9 Å². The zero-order valence-electron chi connectivity index (χ0n) is 11.8. The number of nitrogens with two attached hydrogens (primary N) is 1. The summed E-state index contributed by atoms with van der Waals surface area (Å²) in [6.07, 6.45) is 3.46. The standard InChI is InChI=1S/C15H24N2O2/c1-3-12(2)13-8-4-5-9-14(13)19-11-7-6-10-15(16)17-18/h4-5,8-9,12,18H,3,6-7,10-11H2,1-2H3,(H2,16,17). The van der Waals surface area contributed by atoms with E-state index < -0.39 is 0 Å². The molecule has 1 atom stereocenters. The highest BCUT2D eigenvalue weighted by atomic mass is 16.5. The van der Waals surface area contributed by atoms with Crippen molar-refractivity contribution in [1.29, 1.82) is 0 Å². The predicted molar refractivity (Wildman–Crippen MR) is 77.9 cm³/mol. The summed E-state index contributed by atoms with van der Waals surface area (Å²) in [5, 5.41) is 11.4. The van der Waals surface area contributed by atoms with Crippen LogP contribution in [-0.2, 0) is 0 Å². The Morgan fingerprint density at radius 2 is 2.11 bits per heavy atom. The minimum Gasteiger partial charge on any atom is -0.493 e. The summed E-state index contributed by atoms with van der Waals surface area (Å²) in [5.74, 6) is 1.76. The number of nitrogens with zero attached hydrogens (tertiary/aromatic N) is 1. The summed E-state index contributed by atoms with van der Waals surface area (Å²) in [7, 11) is 0. The van der Waals surface area contributed by atoms with Gasteiger partial charge in [0.1, 0.15) is 11.6 Å². The number of hydrogen-bond donors (Lipinski definition) is 2. The van der Waals surface area contributed by atoms with Crippen molar-refractivity contribution in [2.45, 2.75) is 45.4 Å². The van der Waals surface area contributed by atoms with E-state index in [1.165, 1.54) is 5.56 Å². The topological polar surface area (TPSA) is 67.8 Å². The van der Waals surface area contributed by atoms with Crippen molar-refractivity contribution in [2.24, 2.45) is 10.9 Å². The van der Waals surface area contributed by atoms with E-state index in [9.17, 15) is 0 Å². The molecular weight excluding hydrogens is 240 g/mol. The van der Waals surface area contributed by atoms with Crippen LogP contribution in [0.5, 0.6) is 5.75 Å². The Hall–Kier alpha value is -1.71. The third-order valence-corrected chi connectivity index (χ3v) is 3.28. The van der Waals surface area contributed by atoms with Crippen LogP contribution in [0, 0.1) is 0 Å². The molecule has 0 heterocycles. The number of ether oxygens (including phenoxy) is 1. The van der Waals surface area contributed by atoms with Gasteiger partial charge in [-0.1, -0.05) is 37.2 Å². The summed E-state index contributed by atoms with van der Waals surface area (Å²) in [5.41, 5.74) is 6.67. The summed E-state index contributed by atoms with van der Waals surface area (Å²) < 4.78 is 5.83. The van der Waals surface area contributed by atoms with Gasteiger partial charge in [0.15, 0.2) is 0 Å². The molecule has 0 amide bonds. The number of benzene rings is 1. The van der Waals surface area contributed by atoms with Crippen molar-refractivity contribution < 1.29 is 9.94 Å². The summed E-state index contributed by atoms with van der Waals surface area (Å²) >= 11 is 0. The van der Waals surface area contributed by atoms with Gasteiger partial charge < -0.3 is 15.7 Å². The van der Waals surface area contributed by atoms with Gasteiger partial charge in [0, 0.05) is 6.42 Å². The summed E-state index contributed by atoms with van der Waals surface area (Å²) in [6.45, 7) is 5.05. The molecule has 3 N–H and O–H groups in total. The van der Waals surface area contributed by atoms with Crippen LogP contribution in [0.2, 0.25) is 0 Å². The second-order valence-corrected chi connectivity index (χ2v) is 4.74. The average molecular weight is 264 g/mol. The van der Waals surface area contributed by atoms with E-state index in [4.69, 9.17) is 15.7 Å². The van der Waals surface area contributed by atoms with Gasteiger partial charge in [-0.2, -0.15) is 0 Å². The Kier molecular flexibility index (Phi) is 6.79. The summed E-state index contributed by atoms with van der Waals surface area (Å²) in [4.78, 5) is 0. The monoisotopic (exact) mass is 264 g/mol. The highest BCUT2D eigenvalue weighted by Crippen LogP contribution is 2.28. The van der Waals surface area contributed by atoms with E-state index >= 15 is 0 Å². The van der Waals surface area contributed by atoms with Crippen molar-refractivity contribution in [3.8, 4) is 5.75 Å². The first-order valence-electron chi connectivity index (χ1n) is 6.87. The molecule has 1 rings (SSSR count). The molecule has 0 spiro atoms. The first-order chi connectivity index (χ1) is 9.19. The van der Waals surface area contributed by atoms with Gasteiger partial charge in [0.25, 0.3) is 0 Å². The number of oxime groups is 1. The van der Waals surface area contributed by atoms with Crippen molar-refractivity contribution in [3.05, 3.63) is 29.8 Å². The zero-order chi connectivity index (χ0) is 14.1. The highest BCUT2D eigenvalue weighted by Gasteiger charge is 2.09. The van der Waals surface area contributed by atoms with Crippen LogP contribution < -0.4 is 10.5 Å². The molecule has 1 unspecified atom stereocenters. The molecule has 0 aliphatic carbocycles. The van der Waals surface area contributed by atoms with E-state index in [1.54, 1.807) is 0 Å². The molecule has 4 nitrogen and oxygen atoms in total. The quantitative estimate of drug-likeness (QED) is 0.248. The maximum atomic E-state index is 8.43. The lowest BCUT2D eigenvalue weighted by Crippen LogP contribution is -2.11. The second-order valence-electron chi connectivity index (χ2n) is 4.74. The molecule has 0 saturated heterocycles. The van der Waals surface area contributed by atoms with Gasteiger partial charge in [0.05, 0.1) is 6.61 Å². The molecule has 1 aromatic rings. The van der Waals surface area contributed by atoms with Gasteiger partial charge in [-0.15, -0.1) is 0 Å². The van der Waals surface area contributed by atoms with Gasteiger partial charge in [-0.05, 0) is 36.8 Å². The van der Waals surface area contributed by atoms with Gasteiger partial charge in [0.2, 0.25) is 0 Å². The predicted octanol–water partition coefficient (Wildman–Crippen LogP) is 3.50. The maximum absolute atomic E-state index is 8.43. The molecule has 0 radical (unpaired) electrons. The lowest BCUT2D eigenvalue weighted by atomic mass is 9.98. The molecular formula is C15H24N2O2. The third-order valence-electron chi connectivity index (χ3n) is 3.28. The summed E-state index contributed by atoms with van der Waals surface area (Å²) in [6, 6.07) is 8.19. The Morgan fingerprint density at radius 1 is 1.37 bits per heavy atom. The number of amidine groups is 1. The van der Waals surface area contributed by atoms with Gasteiger partial charge >= 0.3 is 0 Å². The zero-order valence-corrected chi connectivity index (χ0v) is 11.8. The Labute approximate surface area is 115 Å². The van der Waals surface area contributed by atoms with Crippen molar-refractivity contribution in [1.82, 2.24) is 0 Å². The Morgan fingerprint density at radius 3 is 2.79 bits per heavy atom. The van der Waals surface area contributed by atoms with Crippen LogP contribution in [0.4, 0.5) is 0 Å². The Balaban J connectivity index is 2.41. The lowest BCUT2D eigenvalue weighted by Gasteiger charge is -2.15. The number of rotatable bonds is 8. The van der Waals surface area contributed by atoms with Crippen LogP contribution in [-0.4, -0.2) is 17.6 Å². The molecule has 1 aromatic carbocycles. The van der Waals surface area contributed by atoms with Gasteiger partial charge in [-0.3, -0.25) is 0 Å². The minimum atomic E-state index is 0.278. The van der Waals surface area contributed by atoms with Crippen LogP contribution >= 0.6 is 0 Å². The molecule has 106 valence electrons. The lowest BCUT2D eigenvalue weighted by molar-refractivity contribution is 0.301. The third kappa shape index (κ3) is 5.20. The number of para-hydroxylation sites is 1. The fraction of sp³-hybridized carbons (Fsp3) is 0.533. The van der Waals surface area contributed by atoms with Crippen molar-refractivity contribution in [3.63, 3.8) is 0 Å². The van der Waals surface area contributed by atoms with E-state index in [2.05, 4.69) is 25.1 Å². The number of hydrogen-bond acceptors (Lipinski definition) is 3. The first kappa shape index (κ1) is 15.3. The molecule has 0 saturated carbocycles. The average Bonchev–Trinajstić information content (AvgIpc) is 2.46. The van der Waals surface area contributed by atoms with Crippen LogP contribution in [0.3, 0.4) is 0 Å². The molecule has 0 aliphatic rings. The van der Waals surface area contributed by atoms with Crippen LogP contribution in [0.25, 0.3) is 0 Å². The first-order valence-corrected chi connectivity index (χ1v) is 6.87. The number of unbranched alkanes of at least 4 members (excludes halogenated alkanes) is 1.